The zero-order valence-electron chi connectivity index (χ0n) is 17.0. The fourth-order valence-electron chi connectivity index (χ4n) is 4.22. The average molecular weight is 415 g/mol. The van der Waals surface area contributed by atoms with Crippen LogP contribution in [-0.2, 0) is 6.42 Å². The minimum atomic E-state index is 0.699. The van der Waals surface area contributed by atoms with Crippen LogP contribution in [0.3, 0.4) is 0 Å². The molecule has 2 heterocycles. The highest BCUT2D eigenvalue weighted by Gasteiger charge is 2.20. The van der Waals surface area contributed by atoms with Crippen LogP contribution in [0.1, 0.15) is 29.9 Å². The molecule has 0 atom stereocenters. The number of piperidine rings is 1. The van der Waals surface area contributed by atoms with E-state index < -0.39 is 0 Å². The summed E-state index contributed by atoms with van der Waals surface area (Å²) in [5, 5.41) is 0.699. The van der Waals surface area contributed by atoms with Crippen molar-refractivity contribution in [2.75, 3.05) is 19.6 Å². The van der Waals surface area contributed by atoms with Gasteiger partial charge in [0.25, 0.3) is 5.19 Å². The third-order valence-corrected chi connectivity index (χ3v) is 6.89. The summed E-state index contributed by atoms with van der Waals surface area (Å²) in [7, 11) is 0. The van der Waals surface area contributed by atoms with Gasteiger partial charge in [-0.1, -0.05) is 65.9 Å². The Labute approximate surface area is 182 Å². The molecule has 3 nitrogen and oxygen atoms in total. The molecule has 30 heavy (non-hydrogen) atoms. The van der Waals surface area contributed by atoms with Crippen LogP contribution in [0.5, 0.6) is 10.9 Å². The van der Waals surface area contributed by atoms with E-state index in [4.69, 9.17) is 4.74 Å². The van der Waals surface area contributed by atoms with Gasteiger partial charge in [-0.05, 0) is 73.7 Å². The first-order chi connectivity index (χ1) is 14.8. The predicted octanol–water partition coefficient (Wildman–Crippen LogP) is 6.51. The summed E-state index contributed by atoms with van der Waals surface area (Å²) < 4.78 is 7.12. The van der Waals surface area contributed by atoms with Crippen LogP contribution >= 0.6 is 11.3 Å². The van der Waals surface area contributed by atoms with Crippen LogP contribution in [-0.4, -0.2) is 29.5 Å². The first-order valence-electron chi connectivity index (χ1n) is 10.7. The van der Waals surface area contributed by atoms with Gasteiger partial charge in [0, 0.05) is 6.54 Å². The first-order valence-corrected chi connectivity index (χ1v) is 11.5. The van der Waals surface area contributed by atoms with E-state index in [0.29, 0.717) is 5.19 Å². The highest BCUT2D eigenvalue weighted by Crippen LogP contribution is 2.31. The number of aromatic nitrogens is 1. The number of benzene rings is 3. The molecule has 0 unspecified atom stereocenters. The second-order valence-electron chi connectivity index (χ2n) is 7.97. The molecule has 4 aromatic rings. The second kappa shape index (κ2) is 8.99. The van der Waals surface area contributed by atoms with Crippen molar-refractivity contribution < 1.29 is 4.74 Å². The molecule has 0 N–H and O–H groups in total. The second-order valence-corrected chi connectivity index (χ2v) is 8.96. The highest BCUT2D eigenvalue weighted by molar-refractivity contribution is 7.20. The van der Waals surface area contributed by atoms with E-state index in [1.165, 1.54) is 37.1 Å². The number of para-hydroxylation sites is 1. The SMILES string of the molecule is c1ccc(C2CCN(CCc3ccc(Oc4nc5ccccc5s4)cc3)CC2)cc1. The van der Waals surface area contributed by atoms with Crippen LogP contribution in [0.2, 0.25) is 0 Å². The molecule has 0 radical (unpaired) electrons. The molecule has 1 fully saturated rings. The van der Waals surface area contributed by atoms with Crippen LogP contribution in [0, 0.1) is 0 Å². The van der Waals surface area contributed by atoms with Crippen molar-refractivity contribution in [2.45, 2.75) is 25.2 Å². The number of rotatable bonds is 6. The van der Waals surface area contributed by atoms with Crippen molar-refractivity contribution >= 4 is 21.6 Å². The van der Waals surface area contributed by atoms with Crippen molar-refractivity contribution in [2.24, 2.45) is 0 Å². The Kier molecular flexibility index (Phi) is 5.78. The molecular formula is C26H26N2OS. The number of hydrogen-bond acceptors (Lipinski definition) is 4. The lowest BCUT2D eigenvalue weighted by Gasteiger charge is -2.32. The molecule has 152 valence electrons. The molecule has 0 spiro atoms. The van der Waals surface area contributed by atoms with Crippen LogP contribution in [0.25, 0.3) is 10.2 Å². The molecule has 4 heteroatoms. The lowest BCUT2D eigenvalue weighted by atomic mass is 9.89. The topological polar surface area (TPSA) is 25.4 Å². The Morgan fingerprint density at radius 3 is 2.37 bits per heavy atom. The van der Waals surface area contributed by atoms with Gasteiger partial charge in [0.2, 0.25) is 0 Å². The number of hydrogen-bond donors (Lipinski definition) is 0. The van der Waals surface area contributed by atoms with Gasteiger partial charge in [0.1, 0.15) is 5.75 Å². The number of nitrogens with zero attached hydrogens (tertiary/aromatic N) is 2. The summed E-state index contributed by atoms with van der Waals surface area (Å²) in [6, 6.07) is 27.6. The third-order valence-electron chi connectivity index (χ3n) is 5.98. The van der Waals surface area contributed by atoms with Gasteiger partial charge in [-0.25, -0.2) is 4.98 Å². The molecule has 3 aromatic carbocycles. The van der Waals surface area contributed by atoms with Gasteiger partial charge in [-0.2, -0.15) is 0 Å². The Morgan fingerprint density at radius 2 is 1.60 bits per heavy atom. The highest BCUT2D eigenvalue weighted by atomic mass is 32.1. The number of ether oxygens (including phenoxy) is 1. The third kappa shape index (κ3) is 4.55. The zero-order chi connectivity index (χ0) is 20.2. The van der Waals surface area contributed by atoms with E-state index in [1.54, 1.807) is 11.3 Å². The number of likely N-dealkylation sites (tertiary alicyclic amines) is 1. The van der Waals surface area contributed by atoms with E-state index >= 15 is 0 Å². The maximum absolute atomic E-state index is 5.96. The Bertz CT molecular complexity index is 1050. The van der Waals surface area contributed by atoms with Gasteiger partial charge in [0.05, 0.1) is 10.2 Å². The van der Waals surface area contributed by atoms with Gasteiger partial charge < -0.3 is 9.64 Å². The Balaban J connectivity index is 1.11. The van der Waals surface area contributed by atoms with Gasteiger partial charge in [-0.15, -0.1) is 0 Å². The van der Waals surface area contributed by atoms with Gasteiger partial charge in [-0.3, -0.25) is 0 Å². The maximum Gasteiger partial charge on any atom is 0.279 e. The van der Waals surface area contributed by atoms with Crippen molar-refractivity contribution in [3.8, 4) is 10.9 Å². The molecule has 5 rings (SSSR count). The van der Waals surface area contributed by atoms with Gasteiger partial charge in [0.15, 0.2) is 0 Å². The van der Waals surface area contributed by atoms with Crippen molar-refractivity contribution in [3.05, 3.63) is 90.0 Å². The minimum Gasteiger partial charge on any atom is -0.431 e. The quantitative estimate of drug-likeness (QED) is 0.359. The zero-order valence-corrected chi connectivity index (χ0v) is 17.9. The van der Waals surface area contributed by atoms with Crippen molar-refractivity contribution in [1.82, 2.24) is 9.88 Å². The standard InChI is InChI=1S/C26H26N2OS/c1-2-6-21(7-3-1)22-15-18-28(19-16-22)17-14-20-10-12-23(13-11-20)29-26-27-24-8-4-5-9-25(24)30-26/h1-13,22H,14-19H2. The smallest absolute Gasteiger partial charge is 0.279 e. The average Bonchev–Trinajstić information content (AvgIpc) is 3.22. The van der Waals surface area contributed by atoms with Crippen LogP contribution < -0.4 is 4.74 Å². The lowest BCUT2D eigenvalue weighted by Crippen LogP contribution is -2.34. The molecule has 0 bridgehead atoms. The molecule has 1 aliphatic heterocycles. The van der Waals surface area contributed by atoms with Crippen LogP contribution in [0.4, 0.5) is 0 Å². The Hall–Kier alpha value is -2.69. The molecule has 0 aliphatic carbocycles. The minimum absolute atomic E-state index is 0.699. The molecule has 1 aromatic heterocycles. The largest absolute Gasteiger partial charge is 0.431 e. The first kappa shape index (κ1) is 19.3. The molecule has 1 aliphatic rings. The van der Waals surface area contributed by atoms with E-state index in [0.717, 1.165) is 34.8 Å². The molecule has 0 amide bonds. The predicted molar refractivity (Wildman–Crippen MR) is 125 cm³/mol. The molecular weight excluding hydrogens is 388 g/mol. The molecule has 0 saturated carbocycles. The van der Waals surface area contributed by atoms with Crippen molar-refractivity contribution in [1.29, 1.82) is 0 Å². The number of fused-ring (bicyclic) bond motifs is 1. The summed E-state index contributed by atoms with van der Waals surface area (Å²) >= 11 is 1.58. The lowest BCUT2D eigenvalue weighted by molar-refractivity contribution is 0.214. The fraction of sp³-hybridized carbons (Fsp3) is 0.269. The monoisotopic (exact) mass is 414 g/mol. The summed E-state index contributed by atoms with van der Waals surface area (Å²) in [4.78, 5) is 7.15. The normalized spacial score (nSPS) is 15.5. The van der Waals surface area contributed by atoms with Crippen LogP contribution in [0.15, 0.2) is 78.9 Å². The summed E-state index contributed by atoms with van der Waals surface area (Å²) in [6.45, 7) is 3.51. The van der Waals surface area contributed by atoms with E-state index in [2.05, 4.69) is 70.5 Å². The maximum atomic E-state index is 5.96. The summed E-state index contributed by atoms with van der Waals surface area (Å²) in [5.74, 6) is 1.57. The Morgan fingerprint density at radius 1 is 0.867 bits per heavy atom. The van der Waals surface area contributed by atoms with E-state index in [1.807, 2.05) is 18.2 Å². The van der Waals surface area contributed by atoms with Gasteiger partial charge >= 0.3 is 0 Å². The van der Waals surface area contributed by atoms with E-state index in [-0.39, 0.29) is 0 Å². The fourth-order valence-corrected chi connectivity index (χ4v) is 5.06. The summed E-state index contributed by atoms with van der Waals surface area (Å²) in [5.41, 5.74) is 3.85. The van der Waals surface area contributed by atoms with E-state index in [9.17, 15) is 0 Å². The molecule has 1 saturated heterocycles. The summed E-state index contributed by atoms with van der Waals surface area (Å²) in [6.07, 6.45) is 3.61. The number of thiazole rings is 1. The van der Waals surface area contributed by atoms with Crippen molar-refractivity contribution in [3.63, 3.8) is 0 Å².